The molecule has 4 heteroatoms. The van der Waals surface area contributed by atoms with Crippen LogP contribution in [0.4, 0.5) is 0 Å². The molecule has 0 aliphatic carbocycles. The van der Waals surface area contributed by atoms with E-state index in [1.54, 1.807) is 6.21 Å². The molecule has 0 aliphatic rings. The molecule has 0 bridgehead atoms. The van der Waals surface area contributed by atoms with Crippen LogP contribution in [0.15, 0.2) is 29.4 Å². The van der Waals surface area contributed by atoms with E-state index >= 15 is 0 Å². The number of hydrazone groups is 1. The molecule has 15 heavy (non-hydrogen) atoms. The summed E-state index contributed by atoms with van der Waals surface area (Å²) in [6.07, 6.45) is 2.82. The lowest BCUT2D eigenvalue weighted by Crippen LogP contribution is -1.97. The third kappa shape index (κ3) is 4.14. The molecule has 1 aromatic rings. The fourth-order valence-corrected chi connectivity index (χ4v) is 1.11. The normalized spacial score (nSPS) is 10.1. The van der Waals surface area contributed by atoms with E-state index in [-0.39, 0.29) is 0 Å². The van der Waals surface area contributed by atoms with Crippen molar-refractivity contribution < 1.29 is 4.74 Å². The summed E-state index contributed by atoms with van der Waals surface area (Å²) in [5, 5.41) is 11.8. The van der Waals surface area contributed by atoms with Crippen molar-refractivity contribution in [3.05, 3.63) is 29.8 Å². The Bertz CT molecular complexity index is 368. The molecular formula is C11H13N3O. The third-order valence-corrected chi connectivity index (χ3v) is 1.78. The smallest absolute Gasteiger partial charge is 0.119 e. The lowest BCUT2D eigenvalue weighted by atomic mass is 10.2. The van der Waals surface area contributed by atoms with Gasteiger partial charge < -0.3 is 10.6 Å². The van der Waals surface area contributed by atoms with Crippen LogP contribution in [0.25, 0.3) is 0 Å². The standard InChI is InChI=1S/C11H13N3O/c12-6-1-2-7-15-11-5-3-4-10(8-11)9-14-13/h3-5,8-9H,1-2,7,13H2. The van der Waals surface area contributed by atoms with E-state index in [0.717, 1.165) is 17.7 Å². The Labute approximate surface area is 89.0 Å². The van der Waals surface area contributed by atoms with E-state index in [1.165, 1.54) is 0 Å². The monoisotopic (exact) mass is 203 g/mol. The Balaban J connectivity index is 2.47. The first-order valence-corrected chi connectivity index (χ1v) is 4.70. The van der Waals surface area contributed by atoms with Crippen molar-refractivity contribution in [3.63, 3.8) is 0 Å². The second-order valence-corrected chi connectivity index (χ2v) is 2.96. The van der Waals surface area contributed by atoms with E-state index in [2.05, 4.69) is 11.2 Å². The van der Waals surface area contributed by atoms with Gasteiger partial charge in [0.25, 0.3) is 0 Å². The maximum Gasteiger partial charge on any atom is 0.119 e. The topological polar surface area (TPSA) is 71.4 Å². The van der Waals surface area contributed by atoms with Gasteiger partial charge in [-0.05, 0) is 24.1 Å². The van der Waals surface area contributed by atoms with E-state index in [0.29, 0.717) is 13.0 Å². The summed E-state index contributed by atoms with van der Waals surface area (Å²) in [6, 6.07) is 9.54. The van der Waals surface area contributed by atoms with Crippen LogP contribution in [0.1, 0.15) is 18.4 Å². The number of benzene rings is 1. The molecule has 2 N–H and O–H groups in total. The van der Waals surface area contributed by atoms with Gasteiger partial charge in [0.05, 0.1) is 18.9 Å². The van der Waals surface area contributed by atoms with Crippen molar-refractivity contribution in [1.29, 1.82) is 5.26 Å². The highest BCUT2D eigenvalue weighted by Crippen LogP contribution is 2.12. The van der Waals surface area contributed by atoms with Crippen molar-refractivity contribution in [2.75, 3.05) is 6.61 Å². The van der Waals surface area contributed by atoms with Gasteiger partial charge >= 0.3 is 0 Å². The molecule has 0 saturated carbocycles. The highest BCUT2D eigenvalue weighted by molar-refractivity contribution is 5.79. The quantitative estimate of drug-likeness (QED) is 0.342. The van der Waals surface area contributed by atoms with E-state index in [9.17, 15) is 0 Å². The molecule has 0 heterocycles. The SMILES string of the molecule is N#CCCCOc1cccc(C=NN)c1. The van der Waals surface area contributed by atoms with Crippen LogP contribution in [0.5, 0.6) is 5.75 Å². The molecular weight excluding hydrogens is 190 g/mol. The predicted molar refractivity (Wildman–Crippen MR) is 58.6 cm³/mol. The number of unbranched alkanes of at least 4 members (excludes halogenated alkanes) is 1. The molecule has 0 radical (unpaired) electrons. The largest absolute Gasteiger partial charge is 0.494 e. The molecule has 0 spiro atoms. The first-order chi connectivity index (χ1) is 7.36. The average molecular weight is 203 g/mol. The Morgan fingerprint density at radius 2 is 2.40 bits per heavy atom. The highest BCUT2D eigenvalue weighted by atomic mass is 16.5. The summed E-state index contributed by atoms with van der Waals surface area (Å²) in [4.78, 5) is 0. The van der Waals surface area contributed by atoms with Crippen molar-refractivity contribution in [2.45, 2.75) is 12.8 Å². The second kappa shape index (κ2) is 6.44. The Morgan fingerprint density at radius 3 is 3.13 bits per heavy atom. The molecule has 4 nitrogen and oxygen atoms in total. The van der Waals surface area contributed by atoms with Gasteiger partial charge in [-0.25, -0.2) is 0 Å². The zero-order valence-electron chi connectivity index (χ0n) is 8.39. The Morgan fingerprint density at radius 1 is 1.53 bits per heavy atom. The average Bonchev–Trinajstić information content (AvgIpc) is 2.26. The number of ether oxygens (including phenoxy) is 1. The van der Waals surface area contributed by atoms with Crippen molar-refractivity contribution in [3.8, 4) is 11.8 Å². The minimum atomic E-state index is 0.518. The van der Waals surface area contributed by atoms with Crippen LogP contribution in [0.3, 0.4) is 0 Å². The molecule has 0 atom stereocenters. The van der Waals surface area contributed by atoms with Gasteiger partial charge in [0.1, 0.15) is 5.75 Å². The van der Waals surface area contributed by atoms with Crippen LogP contribution < -0.4 is 10.6 Å². The van der Waals surface area contributed by atoms with E-state index < -0.39 is 0 Å². The van der Waals surface area contributed by atoms with Crippen LogP contribution in [-0.2, 0) is 0 Å². The summed E-state index contributed by atoms with van der Waals surface area (Å²) >= 11 is 0. The van der Waals surface area contributed by atoms with Crippen LogP contribution >= 0.6 is 0 Å². The van der Waals surface area contributed by atoms with Gasteiger partial charge in [-0.15, -0.1) is 0 Å². The van der Waals surface area contributed by atoms with Crippen molar-refractivity contribution >= 4 is 6.21 Å². The minimum absolute atomic E-state index is 0.518. The number of nitrogens with two attached hydrogens (primary N) is 1. The number of hydrogen-bond acceptors (Lipinski definition) is 4. The molecule has 0 aliphatic heterocycles. The van der Waals surface area contributed by atoms with Gasteiger partial charge in [0.15, 0.2) is 0 Å². The summed E-state index contributed by atoms with van der Waals surface area (Å²) in [5.41, 5.74) is 0.898. The zero-order chi connectivity index (χ0) is 10.9. The lowest BCUT2D eigenvalue weighted by molar-refractivity contribution is 0.312. The van der Waals surface area contributed by atoms with Crippen LogP contribution in [0, 0.1) is 11.3 Å². The molecule has 0 aromatic heterocycles. The number of nitriles is 1. The maximum atomic E-state index is 8.34. The third-order valence-electron chi connectivity index (χ3n) is 1.78. The van der Waals surface area contributed by atoms with Crippen LogP contribution in [-0.4, -0.2) is 12.8 Å². The van der Waals surface area contributed by atoms with Gasteiger partial charge in [-0.3, -0.25) is 0 Å². The maximum absolute atomic E-state index is 8.34. The first kappa shape index (κ1) is 11.1. The van der Waals surface area contributed by atoms with E-state index in [1.807, 2.05) is 24.3 Å². The highest BCUT2D eigenvalue weighted by Gasteiger charge is 1.94. The molecule has 1 aromatic carbocycles. The van der Waals surface area contributed by atoms with Gasteiger partial charge in [0.2, 0.25) is 0 Å². The number of rotatable bonds is 5. The molecule has 0 fully saturated rings. The zero-order valence-corrected chi connectivity index (χ0v) is 8.39. The fraction of sp³-hybridized carbons (Fsp3) is 0.273. The lowest BCUT2D eigenvalue weighted by Gasteiger charge is -2.04. The van der Waals surface area contributed by atoms with Gasteiger partial charge in [0, 0.05) is 6.42 Å². The van der Waals surface area contributed by atoms with E-state index in [4.69, 9.17) is 15.8 Å². The Hall–Kier alpha value is -2.02. The Kier molecular flexibility index (Phi) is 4.74. The first-order valence-electron chi connectivity index (χ1n) is 4.70. The van der Waals surface area contributed by atoms with Crippen molar-refractivity contribution in [2.24, 2.45) is 10.9 Å². The molecule has 1 rings (SSSR count). The van der Waals surface area contributed by atoms with Gasteiger partial charge in [-0.2, -0.15) is 10.4 Å². The number of nitrogens with zero attached hydrogens (tertiary/aromatic N) is 2. The minimum Gasteiger partial charge on any atom is -0.494 e. The predicted octanol–water partition coefficient (Wildman–Crippen LogP) is 1.66. The summed E-state index contributed by atoms with van der Waals surface area (Å²) in [5.74, 6) is 5.81. The fourth-order valence-electron chi connectivity index (χ4n) is 1.11. The summed E-state index contributed by atoms with van der Waals surface area (Å²) in [7, 11) is 0. The van der Waals surface area contributed by atoms with Crippen molar-refractivity contribution in [1.82, 2.24) is 0 Å². The molecule has 0 unspecified atom stereocenters. The number of hydrogen-bond donors (Lipinski definition) is 1. The molecule has 0 amide bonds. The molecule has 0 saturated heterocycles. The molecule has 78 valence electrons. The summed E-state index contributed by atoms with van der Waals surface area (Å²) < 4.78 is 5.44. The van der Waals surface area contributed by atoms with Gasteiger partial charge in [-0.1, -0.05) is 12.1 Å². The summed E-state index contributed by atoms with van der Waals surface area (Å²) in [6.45, 7) is 0.552. The second-order valence-electron chi connectivity index (χ2n) is 2.96. The van der Waals surface area contributed by atoms with Crippen LogP contribution in [0.2, 0.25) is 0 Å².